The number of fused-ring (bicyclic) bond motifs is 2. The van der Waals surface area contributed by atoms with E-state index in [0.29, 0.717) is 4.88 Å². The summed E-state index contributed by atoms with van der Waals surface area (Å²) in [6.07, 6.45) is 6.67. The molecule has 2 fully saturated rings. The number of carbonyl (C=O) groups is 2. The van der Waals surface area contributed by atoms with E-state index < -0.39 is 0 Å². The van der Waals surface area contributed by atoms with E-state index >= 15 is 0 Å². The van der Waals surface area contributed by atoms with E-state index in [1.165, 1.54) is 41.9 Å². The van der Waals surface area contributed by atoms with Crippen molar-refractivity contribution in [1.82, 2.24) is 10.2 Å². The summed E-state index contributed by atoms with van der Waals surface area (Å²) in [5.41, 5.74) is 0. The maximum absolute atomic E-state index is 12.1. The van der Waals surface area contributed by atoms with Crippen molar-refractivity contribution in [1.29, 1.82) is 0 Å². The molecule has 2 aliphatic carbocycles. The Bertz CT molecular complexity index is 529. The molecule has 4 nitrogen and oxygen atoms in total. The van der Waals surface area contributed by atoms with Gasteiger partial charge in [-0.25, -0.2) is 0 Å². The van der Waals surface area contributed by atoms with Crippen LogP contribution in [0.4, 0.5) is 0 Å². The lowest BCUT2D eigenvalue weighted by molar-refractivity contribution is -0.121. The Morgan fingerprint density at radius 2 is 2.23 bits per heavy atom. The fourth-order valence-electron chi connectivity index (χ4n) is 4.06. The predicted molar refractivity (Wildman–Crippen MR) is 87.8 cm³/mol. The maximum atomic E-state index is 12.1. The van der Waals surface area contributed by atoms with Gasteiger partial charge in [-0.2, -0.15) is 0 Å². The van der Waals surface area contributed by atoms with Gasteiger partial charge in [0.15, 0.2) is 0 Å². The van der Waals surface area contributed by atoms with E-state index in [0.717, 1.165) is 30.7 Å². The molecule has 0 radical (unpaired) electrons. The van der Waals surface area contributed by atoms with Crippen LogP contribution in [0.2, 0.25) is 0 Å². The molecule has 3 atom stereocenters. The van der Waals surface area contributed by atoms with Gasteiger partial charge in [0.1, 0.15) is 0 Å². The molecule has 0 spiro atoms. The highest BCUT2D eigenvalue weighted by Gasteiger charge is 2.38. The van der Waals surface area contributed by atoms with Crippen molar-refractivity contribution in [3.8, 4) is 0 Å². The molecule has 1 heterocycles. The number of likely N-dealkylation sites (N-methyl/N-ethyl adjacent to an activating group) is 1. The lowest BCUT2D eigenvalue weighted by atomic mass is 9.86. The van der Waals surface area contributed by atoms with Gasteiger partial charge < -0.3 is 10.2 Å². The zero-order valence-corrected chi connectivity index (χ0v) is 13.9. The zero-order chi connectivity index (χ0) is 15.5. The van der Waals surface area contributed by atoms with Gasteiger partial charge in [-0.1, -0.05) is 12.5 Å². The summed E-state index contributed by atoms with van der Waals surface area (Å²) < 4.78 is 0. The molecule has 3 unspecified atom stereocenters. The van der Waals surface area contributed by atoms with E-state index in [2.05, 4.69) is 5.32 Å². The first kappa shape index (κ1) is 15.5. The van der Waals surface area contributed by atoms with Gasteiger partial charge in [0, 0.05) is 13.6 Å². The summed E-state index contributed by atoms with van der Waals surface area (Å²) in [7, 11) is 1.68. The first-order valence-corrected chi connectivity index (χ1v) is 9.07. The monoisotopic (exact) mass is 320 g/mol. The topological polar surface area (TPSA) is 49.4 Å². The Morgan fingerprint density at radius 3 is 2.86 bits per heavy atom. The number of hydrogen-bond acceptors (Lipinski definition) is 3. The Morgan fingerprint density at radius 1 is 1.36 bits per heavy atom. The number of thiophene rings is 1. The van der Waals surface area contributed by atoms with E-state index in [1.807, 2.05) is 11.4 Å². The Hall–Kier alpha value is -1.36. The molecule has 0 aromatic carbocycles. The summed E-state index contributed by atoms with van der Waals surface area (Å²) in [4.78, 5) is 26.2. The van der Waals surface area contributed by atoms with Crippen LogP contribution in [0.1, 0.15) is 41.8 Å². The van der Waals surface area contributed by atoms with Crippen LogP contribution in [0.15, 0.2) is 17.5 Å². The van der Waals surface area contributed by atoms with E-state index in [1.54, 1.807) is 13.1 Å². The van der Waals surface area contributed by atoms with Crippen molar-refractivity contribution in [2.45, 2.75) is 32.1 Å². The molecule has 2 saturated carbocycles. The van der Waals surface area contributed by atoms with Crippen molar-refractivity contribution in [3.63, 3.8) is 0 Å². The van der Waals surface area contributed by atoms with Gasteiger partial charge in [0.05, 0.1) is 11.4 Å². The number of rotatable bonds is 6. The lowest BCUT2D eigenvalue weighted by Gasteiger charge is -2.22. The minimum absolute atomic E-state index is 0.0597. The third kappa shape index (κ3) is 3.51. The predicted octanol–water partition coefficient (Wildman–Crippen LogP) is 2.76. The highest BCUT2D eigenvalue weighted by Crippen LogP contribution is 2.49. The molecule has 22 heavy (non-hydrogen) atoms. The first-order chi connectivity index (χ1) is 10.6. The fourth-order valence-corrected chi connectivity index (χ4v) is 4.78. The molecule has 120 valence electrons. The van der Waals surface area contributed by atoms with E-state index in [-0.39, 0.29) is 18.4 Å². The number of amides is 2. The SMILES string of the molecule is CN(CC(=O)NCCC1CC2CCC1C2)C(=O)c1cccs1. The smallest absolute Gasteiger partial charge is 0.264 e. The second-order valence-electron chi connectivity index (χ2n) is 6.71. The Labute approximate surface area is 135 Å². The van der Waals surface area contributed by atoms with Crippen LogP contribution >= 0.6 is 11.3 Å². The normalized spacial score (nSPS) is 26.1. The average molecular weight is 320 g/mol. The summed E-state index contributed by atoms with van der Waals surface area (Å²) in [5.74, 6) is 2.53. The molecule has 2 aliphatic rings. The van der Waals surface area contributed by atoms with Crippen LogP contribution in [0.25, 0.3) is 0 Å². The third-order valence-corrected chi connectivity index (χ3v) is 6.04. The average Bonchev–Trinajstić information content (AvgIpc) is 3.23. The van der Waals surface area contributed by atoms with Gasteiger partial charge in [-0.05, 0) is 54.9 Å². The Kier molecular flexibility index (Phi) is 4.81. The molecule has 5 heteroatoms. The van der Waals surface area contributed by atoms with Gasteiger partial charge in [0.2, 0.25) is 5.91 Å². The number of nitrogens with one attached hydrogen (secondary N) is 1. The van der Waals surface area contributed by atoms with Crippen molar-refractivity contribution in [2.75, 3.05) is 20.1 Å². The quantitative estimate of drug-likeness (QED) is 0.876. The molecule has 3 rings (SSSR count). The molecule has 1 aromatic heterocycles. The molecule has 1 N–H and O–H groups in total. The van der Waals surface area contributed by atoms with Gasteiger partial charge in [-0.3, -0.25) is 9.59 Å². The standard InChI is InChI=1S/C17H24N2O2S/c1-19(17(21)15-3-2-8-22-15)11-16(20)18-7-6-14-10-12-4-5-13(14)9-12/h2-3,8,12-14H,4-7,9-11H2,1H3,(H,18,20). The van der Waals surface area contributed by atoms with E-state index in [4.69, 9.17) is 0 Å². The second-order valence-corrected chi connectivity index (χ2v) is 7.66. The van der Waals surface area contributed by atoms with Crippen LogP contribution in [0.3, 0.4) is 0 Å². The molecule has 0 aliphatic heterocycles. The third-order valence-electron chi connectivity index (χ3n) is 5.18. The second kappa shape index (κ2) is 6.82. The number of nitrogens with zero attached hydrogens (tertiary/aromatic N) is 1. The molecule has 2 amide bonds. The van der Waals surface area contributed by atoms with Gasteiger partial charge >= 0.3 is 0 Å². The van der Waals surface area contributed by atoms with Crippen molar-refractivity contribution in [2.24, 2.45) is 17.8 Å². The summed E-state index contributed by atoms with van der Waals surface area (Å²) in [5, 5.41) is 4.84. The Balaban J connectivity index is 1.36. The van der Waals surface area contributed by atoms with E-state index in [9.17, 15) is 9.59 Å². The molecular weight excluding hydrogens is 296 g/mol. The number of carbonyl (C=O) groups excluding carboxylic acids is 2. The van der Waals surface area contributed by atoms with Crippen molar-refractivity contribution < 1.29 is 9.59 Å². The summed E-state index contributed by atoms with van der Waals surface area (Å²) in [6, 6.07) is 3.64. The molecule has 2 bridgehead atoms. The maximum Gasteiger partial charge on any atom is 0.264 e. The lowest BCUT2D eigenvalue weighted by Crippen LogP contribution is -2.38. The number of hydrogen-bond donors (Lipinski definition) is 1. The fraction of sp³-hybridized carbons (Fsp3) is 0.647. The molecule has 0 saturated heterocycles. The largest absolute Gasteiger partial charge is 0.355 e. The first-order valence-electron chi connectivity index (χ1n) is 8.19. The van der Waals surface area contributed by atoms with Crippen LogP contribution in [0.5, 0.6) is 0 Å². The minimum Gasteiger partial charge on any atom is -0.355 e. The van der Waals surface area contributed by atoms with Crippen LogP contribution in [-0.4, -0.2) is 36.9 Å². The van der Waals surface area contributed by atoms with Crippen molar-refractivity contribution in [3.05, 3.63) is 22.4 Å². The highest BCUT2D eigenvalue weighted by atomic mass is 32.1. The minimum atomic E-state index is -0.0850. The van der Waals surface area contributed by atoms with Crippen LogP contribution < -0.4 is 5.32 Å². The zero-order valence-electron chi connectivity index (χ0n) is 13.1. The summed E-state index contributed by atoms with van der Waals surface area (Å²) >= 11 is 1.41. The summed E-state index contributed by atoms with van der Waals surface area (Å²) in [6.45, 7) is 0.876. The molecular formula is C17H24N2O2S. The molecule has 1 aromatic rings. The van der Waals surface area contributed by atoms with Crippen molar-refractivity contribution >= 4 is 23.2 Å². The van der Waals surface area contributed by atoms with Crippen LogP contribution in [-0.2, 0) is 4.79 Å². The van der Waals surface area contributed by atoms with Gasteiger partial charge in [-0.15, -0.1) is 11.3 Å². The van der Waals surface area contributed by atoms with Crippen LogP contribution in [0, 0.1) is 17.8 Å². The highest BCUT2D eigenvalue weighted by molar-refractivity contribution is 7.12. The van der Waals surface area contributed by atoms with Gasteiger partial charge in [0.25, 0.3) is 5.91 Å².